The van der Waals surface area contributed by atoms with Crippen molar-refractivity contribution >= 4 is 11.9 Å². The molecule has 5 nitrogen and oxygen atoms in total. The number of hydrogen-bond acceptors (Lipinski definition) is 2. The van der Waals surface area contributed by atoms with Gasteiger partial charge in [0, 0.05) is 19.5 Å². The standard InChI is InChI=1S/C14H24F3N3O2/c1-13(2,3)10(19-12(18)22)11(21)20-6-4-9(5-7-20)8-14(15,16)17/h9-10H,4-8H2,1-3H3,(H3,18,19,22). The zero-order chi connectivity index (χ0) is 17.1. The van der Waals surface area contributed by atoms with Crippen molar-refractivity contribution in [3.05, 3.63) is 0 Å². The number of rotatable bonds is 3. The highest BCUT2D eigenvalue weighted by molar-refractivity contribution is 5.87. The lowest BCUT2D eigenvalue weighted by molar-refractivity contribution is -0.150. The highest BCUT2D eigenvalue weighted by Crippen LogP contribution is 2.31. The highest BCUT2D eigenvalue weighted by atomic mass is 19.4. The van der Waals surface area contributed by atoms with Crippen LogP contribution in [-0.4, -0.2) is 42.1 Å². The van der Waals surface area contributed by atoms with Crippen molar-refractivity contribution in [3.63, 3.8) is 0 Å². The molecule has 1 aliphatic heterocycles. The van der Waals surface area contributed by atoms with Gasteiger partial charge in [0.15, 0.2) is 0 Å². The molecule has 0 aromatic carbocycles. The van der Waals surface area contributed by atoms with E-state index in [2.05, 4.69) is 5.32 Å². The van der Waals surface area contributed by atoms with Gasteiger partial charge in [-0.2, -0.15) is 13.2 Å². The summed E-state index contributed by atoms with van der Waals surface area (Å²) in [6, 6.07) is -1.58. The van der Waals surface area contributed by atoms with Crippen LogP contribution in [0.1, 0.15) is 40.0 Å². The summed E-state index contributed by atoms with van der Waals surface area (Å²) in [5.41, 5.74) is 4.57. The van der Waals surface area contributed by atoms with E-state index in [1.165, 1.54) is 4.90 Å². The Balaban J connectivity index is 2.65. The Labute approximate surface area is 128 Å². The van der Waals surface area contributed by atoms with Crippen LogP contribution in [-0.2, 0) is 4.79 Å². The van der Waals surface area contributed by atoms with Gasteiger partial charge in [-0.3, -0.25) is 4.79 Å². The number of nitrogens with zero attached hydrogens (tertiary/aromatic N) is 1. The molecule has 22 heavy (non-hydrogen) atoms. The average molecular weight is 323 g/mol. The predicted octanol–water partition coefficient (Wildman–Crippen LogP) is 2.26. The van der Waals surface area contributed by atoms with E-state index >= 15 is 0 Å². The molecule has 1 unspecified atom stereocenters. The third-order valence-electron chi connectivity index (χ3n) is 3.85. The Bertz CT molecular complexity index is 411. The lowest BCUT2D eigenvalue weighted by Gasteiger charge is -2.38. The normalized spacial score (nSPS) is 18.9. The molecule has 128 valence electrons. The lowest BCUT2D eigenvalue weighted by atomic mass is 9.85. The van der Waals surface area contributed by atoms with Crippen molar-refractivity contribution in [2.24, 2.45) is 17.1 Å². The second-order valence-corrected chi connectivity index (χ2v) is 6.90. The van der Waals surface area contributed by atoms with Crippen LogP contribution in [0.25, 0.3) is 0 Å². The summed E-state index contributed by atoms with van der Waals surface area (Å²) in [6.45, 7) is 5.92. The second kappa shape index (κ2) is 6.75. The molecule has 0 spiro atoms. The number of primary amides is 1. The summed E-state index contributed by atoms with van der Waals surface area (Å²) < 4.78 is 37.1. The van der Waals surface area contributed by atoms with Gasteiger partial charge in [-0.1, -0.05) is 20.8 Å². The van der Waals surface area contributed by atoms with Crippen LogP contribution in [0.5, 0.6) is 0 Å². The Morgan fingerprint density at radius 3 is 2.09 bits per heavy atom. The Hall–Kier alpha value is -1.47. The van der Waals surface area contributed by atoms with Gasteiger partial charge < -0.3 is 16.0 Å². The topological polar surface area (TPSA) is 75.4 Å². The first kappa shape index (κ1) is 18.6. The van der Waals surface area contributed by atoms with E-state index in [0.29, 0.717) is 12.8 Å². The molecular formula is C14H24F3N3O2. The van der Waals surface area contributed by atoms with Crippen molar-refractivity contribution < 1.29 is 22.8 Å². The van der Waals surface area contributed by atoms with Gasteiger partial charge in [0.1, 0.15) is 6.04 Å². The number of halogens is 3. The largest absolute Gasteiger partial charge is 0.389 e. The summed E-state index contributed by atoms with van der Waals surface area (Å²) in [6.07, 6.45) is -4.34. The van der Waals surface area contributed by atoms with Gasteiger partial charge in [-0.05, 0) is 24.2 Å². The Morgan fingerprint density at radius 1 is 1.23 bits per heavy atom. The summed E-state index contributed by atoms with van der Waals surface area (Å²) >= 11 is 0. The molecule has 1 saturated heterocycles. The van der Waals surface area contributed by atoms with Crippen molar-refractivity contribution in [2.45, 2.75) is 52.3 Å². The number of carbonyl (C=O) groups excluding carboxylic acids is 2. The summed E-state index contributed by atoms with van der Waals surface area (Å²) in [4.78, 5) is 25.1. The molecule has 1 heterocycles. The van der Waals surface area contributed by atoms with Crippen LogP contribution < -0.4 is 11.1 Å². The van der Waals surface area contributed by atoms with E-state index in [0.717, 1.165) is 0 Å². The molecule has 1 rings (SSSR count). The van der Waals surface area contributed by atoms with E-state index in [1.54, 1.807) is 20.8 Å². The fourth-order valence-corrected chi connectivity index (χ4v) is 2.66. The average Bonchev–Trinajstić information content (AvgIpc) is 2.32. The molecule has 0 saturated carbocycles. The molecule has 0 aliphatic carbocycles. The molecule has 0 radical (unpaired) electrons. The van der Waals surface area contributed by atoms with Gasteiger partial charge in [0.2, 0.25) is 5.91 Å². The number of amides is 3. The van der Waals surface area contributed by atoms with E-state index in [1.807, 2.05) is 0 Å². The SMILES string of the molecule is CC(C)(C)C(NC(N)=O)C(=O)N1CCC(CC(F)(F)F)CC1. The number of hydrogen-bond donors (Lipinski definition) is 2. The minimum atomic E-state index is -4.17. The van der Waals surface area contributed by atoms with Gasteiger partial charge in [0.25, 0.3) is 0 Å². The maximum absolute atomic E-state index is 12.5. The predicted molar refractivity (Wildman–Crippen MR) is 75.9 cm³/mol. The van der Waals surface area contributed by atoms with Crippen molar-refractivity contribution in [1.82, 2.24) is 10.2 Å². The molecule has 1 fully saturated rings. The number of likely N-dealkylation sites (tertiary alicyclic amines) is 1. The number of piperidine rings is 1. The first-order chi connectivity index (χ1) is 9.90. The monoisotopic (exact) mass is 323 g/mol. The molecule has 0 bridgehead atoms. The number of nitrogens with one attached hydrogen (secondary N) is 1. The van der Waals surface area contributed by atoms with Crippen LogP contribution >= 0.6 is 0 Å². The quantitative estimate of drug-likeness (QED) is 0.836. The molecule has 8 heteroatoms. The minimum absolute atomic E-state index is 0.270. The lowest BCUT2D eigenvalue weighted by Crippen LogP contribution is -2.57. The van der Waals surface area contributed by atoms with Crippen LogP contribution in [0.3, 0.4) is 0 Å². The van der Waals surface area contributed by atoms with Gasteiger partial charge in [-0.15, -0.1) is 0 Å². The maximum Gasteiger partial charge on any atom is 0.389 e. The van der Waals surface area contributed by atoms with E-state index in [9.17, 15) is 22.8 Å². The van der Waals surface area contributed by atoms with Crippen molar-refractivity contribution in [3.8, 4) is 0 Å². The van der Waals surface area contributed by atoms with Crippen LogP contribution in [0, 0.1) is 11.3 Å². The van der Waals surface area contributed by atoms with Crippen LogP contribution in [0.15, 0.2) is 0 Å². The van der Waals surface area contributed by atoms with E-state index in [-0.39, 0.29) is 19.0 Å². The summed E-state index contributed by atoms with van der Waals surface area (Å²) in [7, 11) is 0. The third kappa shape index (κ3) is 5.73. The Morgan fingerprint density at radius 2 is 1.73 bits per heavy atom. The molecule has 1 atom stereocenters. The van der Waals surface area contributed by atoms with E-state index < -0.39 is 36.0 Å². The highest BCUT2D eigenvalue weighted by Gasteiger charge is 2.38. The molecule has 0 aromatic heterocycles. The molecule has 0 aromatic rings. The van der Waals surface area contributed by atoms with Crippen LogP contribution in [0.2, 0.25) is 0 Å². The smallest absolute Gasteiger partial charge is 0.352 e. The summed E-state index contributed by atoms with van der Waals surface area (Å²) in [5.74, 6) is -0.738. The van der Waals surface area contributed by atoms with E-state index in [4.69, 9.17) is 5.73 Å². The van der Waals surface area contributed by atoms with Gasteiger partial charge in [0.05, 0.1) is 0 Å². The number of alkyl halides is 3. The first-order valence-electron chi connectivity index (χ1n) is 7.31. The molecule has 1 aliphatic rings. The second-order valence-electron chi connectivity index (χ2n) is 6.90. The van der Waals surface area contributed by atoms with Crippen LogP contribution in [0.4, 0.5) is 18.0 Å². The molecule has 3 amide bonds. The fourth-order valence-electron chi connectivity index (χ4n) is 2.66. The Kier molecular flexibility index (Phi) is 5.70. The zero-order valence-electron chi connectivity index (χ0n) is 13.2. The van der Waals surface area contributed by atoms with Gasteiger partial charge in [-0.25, -0.2) is 4.79 Å². The number of nitrogens with two attached hydrogens (primary N) is 1. The fraction of sp³-hybridized carbons (Fsp3) is 0.857. The molecule has 3 N–H and O–H groups in total. The number of carbonyl (C=O) groups is 2. The first-order valence-corrected chi connectivity index (χ1v) is 7.31. The number of urea groups is 1. The third-order valence-corrected chi connectivity index (χ3v) is 3.85. The van der Waals surface area contributed by atoms with Crippen molar-refractivity contribution in [1.29, 1.82) is 0 Å². The van der Waals surface area contributed by atoms with Crippen molar-refractivity contribution in [2.75, 3.05) is 13.1 Å². The molecular weight excluding hydrogens is 299 g/mol. The minimum Gasteiger partial charge on any atom is -0.352 e. The van der Waals surface area contributed by atoms with Gasteiger partial charge >= 0.3 is 12.2 Å². The summed E-state index contributed by atoms with van der Waals surface area (Å²) in [5, 5.41) is 2.43. The maximum atomic E-state index is 12.5. The zero-order valence-corrected chi connectivity index (χ0v) is 13.2.